The van der Waals surface area contributed by atoms with Crippen LogP contribution < -0.4 is 0 Å². The van der Waals surface area contributed by atoms with E-state index in [1.807, 2.05) is 0 Å². The van der Waals surface area contributed by atoms with Gasteiger partial charge in [-0.15, -0.1) is 0 Å². The topological polar surface area (TPSA) is 37.3 Å². The van der Waals surface area contributed by atoms with Gasteiger partial charge in [0.25, 0.3) is 0 Å². The van der Waals surface area contributed by atoms with Crippen LogP contribution in [0.25, 0.3) is 0 Å². The summed E-state index contributed by atoms with van der Waals surface area (Å²) < 4.78 is 12.5. The Morgan fingerprint density at radius 3 is 1.38 bits per heavy atom. The summed E-state index contributed by atoms with van der Waals surface area (Å²) in [6.45, 7) is 0. The van der Waals surface area contributed by atoms with E-state index in [-0.39, 0.29) is 34.4 Å². The average Bonchev–Trinajstić information content (AvgIpc) is 2.31. The molecule has 0 spiro atoms. The second kappa shape index (κ2) is 6.77. The monoisotopic (exact) mass is 256 g/mol. The Morgan fingerprint density at radius 2 is 1.06 bits per heavy atom. The van der Waals surface area contributed by atoms with Crippen molar-refractivity contribution >= 4 is 30.4 Å². The molecule has 0 aromatic carbocycles. The van der Waals surface area contributed by atoms with Gasteiger partial charge in [0, 0.05) is 11.3 Å². The lowest BCUT2D eigenvalue weighted by Gasteiger charge is -2.34. The van der Waals surface area contributed by atoms with Crippen molar-refractivity contribution < 1.29 is 9.46 Å². The molecule has 2 aliphatic rings. The molecule has 0 atom stereocenters. The van der Waals surface area contributed by atoms with Crippen molar-refractivity contribution in [3.8, 4) is 0 Å². The summed E-state index contributed by atoms with van der Waals surface area (Å²) in [7, 11) is -2.84. The Balaban J connectivity index is 0.00000128. The maximum atomic E-state index is 12.5. The quantitative estimate of drug-likeness (QED) is 0.609. The molecule has 0 radical (unpaired) electrons. The minimum atomic E-state index is -2.84. The van der Waals surface area contributed by atoms with E-state index in [1.54, 1.807) is 0 Å². The van der Waals surface area contributed by atoms with Crippen molar-refractivity contribution in [3.05, 3.63) is 0 Å². The van der Waals surface area contributed by atoms with E-state index in [9.17, 15) is 9.46 Å². The Labute approximate surface area is 115 Å². The van der Waals surface area contributed by atoms with Gasteiger partial charge in [0.1, 0.15) is 0 Å². The average molecular weight is 257 g/mol. The van der Waals surface area contributed by atoms with Gasteiger partial charge in [-0.1, -0.05) is 38.5 Å². The molecule has 2 nitrogen and oxygen atoms in total. The Kier molecular flexibility index (Phi) is 6.36. The third kappa shape index (κ3) is 3.47. The molecule has 2 fully saturated rings. The van der Waals surface area contributed by atoms with Crippen molar-refractivity contribution in [1.29, 1.82) is 0 Å². The van der Waals surface area contributed by atoms with E-state index in [0.717, 1.165) is 25.7 Å². The van der Waals surface area contributed by atoms with Crippen LogP contribution in [0.4, 0.5) is 0 Å². The first-order valence-corrected chi connectivity index (χ1v) is 8.33. The van der Waals surface area contributed by atoms with E-state index in [4.69, 9.17) is 0 Å². The lowest BCUT2D eigenvalue weighted by Crippen LogP contribution is -2.23. The molecular weight excluding hydrogens is 231 g/mol. The van der Waals surface area contributed by atoms with E-state index in [2.05, 4.69) is 0 Å². The van der Waals surface area contributed by atoms with Crippen LogP contribution in [0.3, 0.4) is 0 Å². The van der Waals surface area contributed by atoms with Gasteiger partial charge in [0.05, 0.1) is 0 Å². The SMILES string of the molecule is O=P(O)(C1CCCCC1)C1CCCCC1.[MgH2]. The van der Waals surface area contributed by atoms with Crippen LogP contribution in [-0.4, -0.2) is 39.3 Å². The molecule has 2 aliphatic carbocycles. The third-order valence-electron chi connectivity index (χ3n) is 4.20. The second-order valence-electron chi connectivity index (χ2n) is 5.26. The molecule has 0 amide bonds. The first kappa shape index (κ1) is 15.0. The predicted molar refractivity (Wildman–Crippen MR) is 72.1 cm³/mol. The standard InChI is InChI=1S/C12H23O2P.Mg.2H/c13-15(14,11-7-3-1-4-8-11)12-9-5-2-6-10-12;;;/h11-12H,1-10H2,(H,13,14);;;. The summed E-state index contributed by atoms with van der Waals surface area (Å²) in [6.07, 6.45) is 11.2. The second-order valence-corrected chi connectivity index (χ2v) is 8.06. The molecule has 2 saturated carbocycles. The highest BCUT2D eigenvalue weighted by Gasteiger charge is 2.39. The molecule has 1 N–H and O–H groups in total. The third-order valence-corrected chi connectivity index (χ3v) is 7.32. The fraction of sp³-hybridized carbons (Fsp3) is 1.00. The molecule has 92 valence electrons. The van der Waals surface area contributed by atoms with Gasteiger partial charge in [-0.3, -0.25) is 4.57 Å². The zero-order valence-electron chi connectivity index (χ0n) is 9.53. The molecule has 2 rings (SSSR count). The maximum Gasteiger partial charge on any atom is 0.316 e. The van der Waals surface area contributed by atoms with Gasteiger partial charge in [-0.2, -0.15) is 0 Å². The molecule has 0 aromatic rings. The summed E-state index contributed by atoms with van der Waals surface area (Å²) >= 11 is 0. The van der Waals surface area contributed by atoms with E-state index in [1.165, 1.54) is 38.5 Å². The zero-order chi connectivity index (χ0) is 10.7. The van der Waals surface area contributed by atoms with E-state index < -0.39 is 7.37 Å². The largest absolute Gasteiger partial charge is 0.344 e. The fourth-order valence-corrected chi connectivity index (χ4v) is 6.01. The lowest BCUT2D eigenvalue weighted by atomic mass is 10.00. The molecule has 4 heteroatoms. The van der Waals surface area contributed by atoms with Crippen LogP contribution in [0.5, 0.6) is 0 Å². The molecule has 0 heterocycles. The Hall–Kier alpha value is 0.956. The maximum absolute atomic E-state index is 12.5. The molecule has 0 saturated heterocycles. The first-order chi connectivity index (χ1) is 7.21. The van der Waals surface area contributed by atoms with E-state index >= 15 is 0 Å². The van der Waals surface area contributed by atoms with Crippen LogP contribution in [-0.2, 0) is 4.57 Å². The summed E-state index contributed by atoms with van der Waals surface area (Å²) in [5.74, 6) is 0. The van der Waals surface area contributed by atoms with Crippen molar-refractivity contribution in [1.82, 2.24) is 0 Å². The van der Waals surface area contributed by atoms with Crippen molar-refractivity contribution in [2.24, 2.45) is 0 Å². The van der Waals surface area contributed by atoms with Gasteiger partial charge in [-0.05, 0) is 25.7 Å². The highest BCUT2D eigenvalue weighted by atomic mass is 31.2. The van der Waals surface area contributed by atoms with Gasteiger partial charge >= 0.3 is 23.1 Å². The van der Waals surface area contributed by atoms with Crippen LogP contribution in [0.2, 0.25) is 0 Å². The highest BCUT2D eigenvalue weighted by molar-refractivity contribution is 7.59. The summed E-state index contributed by atoms with van der Waals surface area (Å²) in [6, 6.07) is 0. The van der Waals surface area contributed by atoms with Crippen LogP contribution in [0.1, 0.15) is 64.2 Å². The Morgan fingerprint density at radius 1 is 0.750 bits per heavy atom. The predicted octanol–water partition coefficient (Wildman–Crippen LogP) is 3.01. The van der Waals surface area contributed by atoms with Crippen LogP contribution in [0.15, 0.2) is 0 Å². The summed E-state index contributed by atoms with van der Waals surface area (Å²) in [5.41, 5.74) is 0.295. The first-order valence-electron chi connectivity index (χ1n) is 6.53. The van der Waals surface area contributed by atoms with Gasteiger partial charge in [0.15, 0.2) is 0 Å². The minimum absolute atomic E-state index is 0. The smallest absolute Gasteiger partial charge is 0.316 e. The van der Waals surface area contributed by atoms with E-state index in [0.29, 0.717) is 0 Å². The Bertz CT molecular complexity index is 223. The highest BCUT2D eigenvalue weighted by Crippen LogP contribution is 2.59. The molecule has 0 aromatic heterocycles. The summed E-state index contributed by atoms with van der Waals surface area (Å²) in [4.78, 5) is 10.3. The van der Waals surface area contributed by atoms with Crippen molar-refractivity contribution in [2.75, 3.05) is 0 Å². The fourth-order valence-electron chi connectivity index (χ4n) is 3.20. The molecule has 16 heavy (non-hydrogen) atoms. The van der Waals surface area contributed by atoms with Gasteiger partial charge in [-0.25, -0.2) is 0 Å². The number of hydrogen-bond donors (Lipinski definition) is 1. The number of hydrogen-bond acceptors (Lipinski definition) is 1. The molecule has 0 aliphatic heterocycles. The zero-order valence-corrected chi connectivity index (χ0v) is 10.4. The van der Waals surface area contributed by atoms with Gasteiger partial charge in [0.2, 0.25) is 7.37 Å². The molecular formula is C12H25MgO2P. The van der Waals surface area contributed by atoms with Crippen molar-refractivity contribution in [2.45, 2.75) is 75.5 Å². The van der Waals surface area contributed by atoms with Crippen molar-refractivity contribution in [3.63, 3.8) is 0 Å². The van der Waals surface area contributed by atoms with Crippen LogP contribution in [0, 0.1) is 0 Å². The molecule has 0 unspecified atom stereocenters. The van der Waals surface area contributed by atoms with Gasteiger partial charge < -0.3 is 4.89 Å². The normalized spacial score (nSPS) is 25.1. The number of rotatable bonds is 2. The molecule has 0 bridgehead atoms. The minimum Gasteiger partial charge on any atom is -0.344 e. The summed E-state index contributed by atoms with van der Waals surface area (Å²) in [5, 5.41) is 0. The lowest BCUT2D eigenvalue weighted by molar-refractivity contribution is 0.386. The van der Waals surface area contributed by atoms with Crippen LogP contribution >= 0.6 is 7.37 Å².